The lowest BCUT2D eigenvalue weighted by molar-refractivity contribution is -0.159. The van der Waals surface area contributed by atoms with E-state index in [1.165, 1.54) is 6.92 Å². The van der Waals surface area contributed by atoms with Crippen LogP contribution in [0, 0.1) is 0 Å². The summed E-state index contributed by atoms with van der Waals surface area (Å²) in [7, 11) is 0. The number of carbonyl (C=O) groups is 5. The van der Waals surface area contributed by atoms with Crippen molar-refractivity contribution in [1.29, 1.82) is 0 Å². The second-order valence-electron chi connectivity index (χ2n) is 6.94. The molecule has 0 aliphatic heterocycles. The van der Waals surface area contributed by atoms with Crippen molar-refractivity contribution in [2.75, 3.05) is 33.0 Å². The molecule has 0 aliphatic carbocycles. The lowest BCUT2D eigenvalue weighted by atomic mass is 10.1. The molecule has 1 unspecified atom stereocenters. The zero-order valence-electron chi connectivity index (χ0n) is 21.4. The second-order valence-corrected chi connectivity index (χ2v) is 6.94. The van der Waals surface area contributed by atoms with Gasteiger partial charge >= 0.3 is 23.9 Å². The minimum Gasteiger partial charge on any atom is -0.482 e. The first-order valence-electron chi connectivity index (χ1n) is 11.5. The Balaban J connectivity index is 0.000000723. The van der Waals surface area contributed by atoms with Crippen molar-refractivity contribution in [3.63, 3.8) is 0 Å². The Morgan fingerprint density at radius 3 is 1.86 bits per heavy atom. The maximum Gasteiger partial charge on any atom is 0.344 e. The number of nitrogens with two attached hydrogens (primary N) is 1. The van der Waals surface area contributed by atoms with Crippen LogP contribution in [0.25, 0.3) is 0 Å². The molecule has 0 saturated carbocycles. The van der Waals surface area contributed by atoms with E-state index in [1.807, 2.05) is 6.07 Å². The minimum atomic E-state index is -1.37. The Hall–Kier alpha value is -3.67. The Bertz CT molecular complexity index is 841. The van der Waals surface area contributed by atoms with Gasteiger partial charge in [-0.05, 0) is 51.8 Å². The first-order chi connectivity index (χ1) is 17.1. The van der Waals surface area contributed by atoms with Crippen LogP contribution in [0.4, 0.5) is 0 Å². The molecule has 3 N–H and O–H groups in total. The van der Waals surface area contributed by atoms with Gasteiger partial charge in [0.25, 0.3) is 0 Å². The van der Waals surface area contributed by atoms with E-state index in [4.69, 9.17) is 19.9 Å². The van der Waals surface area contributed by atoms with Crippen LogP contribution in [0.1, 0.15) is 40.2 Å². The number of amides is 1. The van der Waals surface area contributed by atoms with Crippen molar-refractivity contribution < 1.29 is 47.7 Å². The fourth-order valence-corrected chi connectivity index (χ4v) is 2.56. The highest BCUT2D eigenvalue weighted by molar-refractivity contribution is 6.02. The molecule has 0 radical (unpaired) electrons. The molecule has 36 heavy (non-hydrogen) atoms. The van der Waals surface area contributed by atoms with E-state index in [9.17, 15) is 24.0 Å². The van der Waals surface area contributed by atoms with E-state index in [1.54, 1.807) is 45.9 Å². The molecule has 0 fully saturated rings. The van der Waals surface area contributed by atoms with Crippen LogP contribution >= 0.6 is 0 Å². The molecular weight excluding hydrogens is 476 g/mol. The Morgan fingerprint density at radius 2 is 1.36 bits per heavy atom. The zero-order valence-corrected chi connectivity index (χ0v) is 21.4. The number of ether oxygens (including phenoxy) is 5. The molecule has 12 heteroatoms. The largest absolute Gasteiger partial charge is 0.482 e. The number of hydrogen-bond donors (Lipinski definition) is 2. The Labute approximate surface area is 210 Å². The summed E-state index contributed by atoms with van der Waals surface area (Å²) in [6, 6.07) is 4.97. The van der Waals surface area contributed by atoms with E-state index in [0.717, 1.165) is 5.56 Å². The summed E-state index contributed by atoms with van der Waals surface area (Å²) in [5, 5.41) is 2.16. The van der Waals surface area contributed by atoms with Gasteiger partial charge in [0.1, 0.15) is 11.8 Å². The molecular formula is C24H36N2O10. The summed E-state index contributed by atoms with van der Waals surface area (Å²) < 4.78 is 24.2. The highest BCUT2D eigenvalue weighted by atomic mass is 16.6. The molecule has 1 rings (SSSR count). The monoisotopic (exact) mass is 512 g/mol. The quantitative estimate of drug-likeness (QED) is 0.216. The lowest BCUT2D eigenvalue weighted by Crippen LogP contribution is -2.47. The number of rotatable bonds is 13. The molecule has 1 amide bonds. The van der Waals surface area contributed by atoms with Gasteiger partial charge in [-0.1, -0.05) is 12.1 Å². The van der Waals surface area contributed by atoms with E-state index in [0.29, 0.717) is 25.4 Å². The van der Waals surface area contributed by atoms with Gasteiger partial charge in [0.15, 0.2) is 6.61 Å². The van der Waals surface area contributed by atoms with E-state index in [2.05, 4.69) is 14.8 Å². The number of benzene rings is 1. The number of nitrogens with one attached hydrogen (secondary N) is 1. The zero-order chi connectivity index (χ0) is 27.5. The van der Waals surface area contributed by atoms with Gasteiger partial charge in [-0.25, -0.2) is 14.4 Å². The van der Waals surface area contributed by atoms with Gasteiger partial charge in [0, 0.05) is 6.92 Å². The topological polar surface area (TPSA) is 170 Å². The van der Waals surface area contributed by atoms with Crippen molar-refractivity contribution in [1.82, 2.24) is 5.32 Å². The smallest absolute Gasteiger partial charge is 0.344 e. The van der Waals surface area contributed by atoms with Gasteiger partial charge in [-0.2, -0.15) is 0 Å². The maximum absolute atomic E-state index is 11.5. The average Bonchev–Trinajstić information content (AvgIpc) is 2.82. The van der Waals surface area contributed by atoms with Crippen molar-refractivity contribution in [2.24, 2.45) is 5.73 Å². The second kappa shape index (κ2) is 18.6. The summed E-state index contributed by atoms with van der Waals surface area (Å²) in [6.45, 7) is 8.60. The van der Waals surface area contributed by atoms with Gasteiger partial charge in [0.05, 0.1) is 26.4 Å². The average molecular weight is 513 g/mol. The van der Waals surface area contributed by atoms with Gasteiger partial charge in [-0.3, -0.25) is 9.59 Å². The van der Waals surface area contributed by atoms with Crippen LogP contribution in [0.15, 0.2) is 24.3 Å². The summed E-state index contributed by atoms with van der Waals surface area (Å²) in [6.07, 6.45) is 0.343. The molecule has 202 valence electrons. The molecule has 0 heterocycles. The van der Waals surface area contributed by atoms with Crippen molar-refractivity contribution in [2.45, 2.75) is 53.1 Å². The summed E-state index contributed by atoms with van der Waals surface area (Å²) in [4.78, 5) is 56.0. The Kier molecular flexibility index (Phi) is 16.7. The molecule has 1 aromatic rings. The SMILES string of the molecule is CCOC(=O)C(NC(C)=O)C(=O)OCC.CCOC(=O)COc1cccc(CC(N)C(=O)OCC)c1. The van der Waals surface area contributed by atoms with Crippen molar-refractivity contribution in [3.8, 4) is 5.75 Å². The van der Waals surface area contributed by atoms with Crippen LogP contribution in [0.2, 0.25) is 0 Å². The van der Waals surface area contributed by atoms with Crippen molar-refractivity contribution >= 4 is 29.8 Å². The maximum atomic E-state index is 11.5. The summed E-state index contributed by atoms with van der Waals surface area (Å²) in [5.74, 6) is -2.46. The van der Waals surface area contributed by atoms with Crippen LogP contribution in [-0.2, 0) is 49.3 Å². The van der Waals surface area contributed by atoms with Gasteiger partial charge in [-0.15, -0.1) is 0 Å². The molecule has 0 spiro atoms. The Morgan fingerprint density at radius 1 is 0.833 bits per heavy atom. The molecule has 1 atom stereocenters. The highest BCUT2D eigenvalue weighted by Gasteiger charge is 2.30. The number of esters is 4. The summed E-state index contributed by atoms with van der Waals surface area (Å²) in [5.41, 5.74) is 6.59. The highest BCUT2D eigenvalue weighted by Crippen LogP contribution is 2.15. The van der Waals surface area contributed by atoms with Crippen LogP contribution in [0.5, 0.6) is 5.75 Å². The lowest BCUT2D eigenvalue weighted by Gasteiger charge is -2.14. The molecule has 1 aromatic carbocycles. The predicted octanol–water partition coefficient (Wildman–Crippen LogP) is 0.679. The normalized spacial score (nSPS) is 10.8. The first kappa shape index (κ1) is 32.3. The minimum absolute atomic E-state index is 0.133. The van der Waals surface area contributed by atoms with E-state index >= 15 is 0 Å². The predicted molar refractivity (Wildman–Crippen MR) is 128 cm³/mol. The van der Waals surface area contributed by atoms with Gasteiger partial charge in [0.2, 0.25) is 11.9 Å². The summed E-state index contributed by atoms with van der Waals surface area (Å²) >= 11 is 0. The third-order valence-corrected chi connectivity index (χ3v) is 4.00. The van der Waals surface area contributed by atoms with E-state index < -0.39 is 41.9 Å². The third kappa shape index (κ3) is 13.9. The van der Waals surface area contributed by atoms with Crippen molar-refractivity contribution in [3.05, 3.63) is 29.8 Å². The fraction of sp³-hybridized carbons (Fsp3) is 0.542. The van der Waals surface area contributed by atoms with Crippen LogP contribution < -0.4 is 15.8 Å². The van der Waals surface area contributed by atoms with Crippen LogP contribution in [0.3, 0.4) is 0 Å². The standard InChI is InChI=1S/C15H21NO5.C9H15NO5/c1-3-19-14(17)10-21-12-7-5-6-11(8-12)9-13(16)15(18)20-4-2;1-4-14-8(12)7(10-6(3)11)9(13)15-5-2/h5-8,13H,3-4,9-10,16H2,1-2H3;7H,4-5H2,1-3H3,(H,10,11). The number of carbonyl (C=O) groups excluding carboxylic acids is 5. The fourth-order valence-electron chi connectivity index (χ4n) is 2.56. The molecule has 0 aromatic heterocycles. The first-order valence-corrected chi connectivity index (χ1v) is 11.5. The molecule has 0 aliphatic rings. The third-order valence-electron chi connectivity index (χ3n) is 4.00. The van der Waals surface area contributed by atoms with Crippen LogP contribution in [-0.4, -0.2) is 74.9 Å². The molecule has 0 saturated heterocycles. The van der Waals surface area contributed by atoms with Gasteiger partial charge < -0.3 is 34.7 Å². The molecule has 0 bridgehead atoms. The number of hydrogen-bond acceptors (Lipinski definition) is 11. The molecule has 12 nitrogen and oxygen atoms in total. The van der Waals surface area contributed by atoms with E-state index in [-0.39, 0.29) is 19.8 Å².